The molecule has 1 heterocycles. The van der Waals surface area contributed by atoms with Crippen molar-refractivity contribution in [3.8, 4) is 11.5 Å². The minimum atomic E-state index is -0.694. The van der Waals surface area contributed by atoms with Crippen LogP contribution in [0.5, 0.6) is 11.5 Å². The maximum atomic E-state index is 13.4. The number of rotatable bonds is 9. The zero-order valence-corrected chi connectivity index (χ0v) is 20.7. The third-order valence-corrected chi connectivity index (χ3v) is 6.19. The molecule has 0 amide bonds. The van der Waals surface area contributed by atoms with Crippen LogP contribution in [0.2, 0.25) is 0 Å². The minimum absolute atomic E-state index is 0.0681. The lowest BCUT2D eigenvalue weighted by Gasteiger charge is -2.22. The number of carbonyl (C=O) groups excluding carboxylic acids is 1. The molecule has 0 radical (unpaired) electrons. The standard InChI is InChI=1S/C26H28N4O7/c1-3-36-22-14-17(13-21(30(33)34)24(22)37-16-23(31)35-2)15-27-29-25(18-9-5-4-6-10-18)28-20-12-8-7-11-19(20)26(29)32/h7-8,11-15,18H,3-6,9-10,16H2,1-2H3. The number of esters is 1. The Morgan fingerprint density at radius 3 is 2.68 bits per heavy atom. The Labute approximate surface area is 212 Å². The van der Waals surface area contributed by atoms with Gasteiger partial charge in [0.25, 0.3) is 5.56 Å². The van der Waals surface area contributed by atoms with E-state index in [9.17, 15) is 19.7 Å². The Kier molecular flexibility index (Phi) is 8.11. The van der Waals surface area contributed by atoms with Crippen molar-refractivity contribution >= 4 is 28.8 Å². The topological polar surface area (TPSA) is 135 Å². The van der Waals surface area contributed by atoms with E-state index in [-0.39, 0.29) is 29.6 Å². The number of nitro groups is 1. The van der Waals surface area contributed by atoms with Gasteiger partial charge in [-0.1, -0.05) is 31.4 Å². The first-order chi connectivity index (χ1) is 17.9. The van der Waals surface area contributed by atoms with Gasteiger partial charge >= 0.3 is 11.7 Å². The predicted molar refractivity (Wildman–Crippen MR) is 137 cm³/mol. The summed E-state index contributed by atoms with van der Waals surface area (Å²) in [5.74, 6) is -0.149. The molecule has 0 unspecified atom stereocenters. The first kappa shape index (κ1) is 25.8. The van der Waals surface area contributed by atoms with Crippen molar-refractivity contribution in [2.45, 2.75) is 44.9 Å². The Hall–Kier alpha value is -4.28. The van der Waals surface area contributed by atoms with Crippen molar-refractivity contribution in [1.29, 1.82) is 0 Å². The highest BCUT2D eigenvalue weighted by atomic mass is 16.6. The number of ether oxygens (including phenoxy) is 3. The fourth-order valence-corrected chi connectivity index (χ4v) is 4.42. The maximum Gasteiger partial charge on any atom is 0.343 e. The molecule has 0 saturated heterocycles. The molecule has 0 spiro atoms. The van der Waals surface area contributed by atoms with Gasteiger partial charge in [-0.05, 0) is 38.0 Å². The van der Waals surface area contributed by atoms with Crippen LogP contribution < -0.4 is 15.0 Å². The molecule has 3 aromatic rings. The van der Waals surface area contributed by atoms with E-state index >= 15 is 0 Å². The van der Waals surface area contributed by atoms with Crippen molar-refractivity contribution in [2.75, 3.05) is 20.3 Å². The van der Waals surface area contributed by atoms with E-state index in [1.54, 1.807) is 19.1 Å². The van der Waals surface area contributed by atoms with Crippen LogP contribution in [0.4, 0.5) is 5.69 Å². The molecule has 2 aromatic carbocycles. The molecule has 11 nitrogen and oxygen atoms in total. The first-order valence-electron chi connectivity index (χ1n) is 12.1. The molecular weight excluding hydrogens is 480 g/mol. The maximum absolute atomic E-state index is 13.4. The largest absolute Gasteiger partial charge is 0.490 e. The van der Waals surface area contributed by atoms with Gasteiger partial charge in [0.2, 0.25) is 5.75 Å². The minimum Gasteiger partial charge on any atom is -0.490 e. The van der Waals surface area contributed by atoms with Crippen LogP contribution in [0.1, 0.15) is 56.3 Å². The summed E-state index contributed by atoms with van der Waals surface area (Å²) in [6, 6.07) is 9.87. The van der Waals surface area contributed by atoms with E-state index in [1.807, 2.05) is 12.1 Å². The second-order valence-electron chi connectivity index (χ2n) is 8.61. The molecule has 11 heteroatoms. The second-order valence-corrected chi connectivity index (χ2v) is 8.61. The average molecular weight is 509 g/mol. The van der Waals surface area contributed by atoms with Gasteiger partial charge in [-0.3, -0.25) is 14.9 Å². The molecule has 194 valence electrons. The fourth-order valence-electron chi connectivity index (χ4n) is 4.42. The van der Waals surface area contributed by atoms with Gasteiger partial charge in [-0.2, -0.15) is 9.78 Å². The summed E-state index contributed by atoms with van der Waals surface area (Å²) in [5.41, 5.74) is 0.212. The van der Waals surface area contributed by atoms with Crippen LogP contribution in [0.15, 0.2) is 46.3 Å². The molecule has 0 bridgehead atoms. The molecule has 1 aliphatic carbocycles. The zero-order valence-electron chi connectivity index (χ0n) is 20.7. The second kappa shape index (κ2) is 11.6. The van der Waals surface area contributed by atoms with Crippen LogP contribution in [-0.2, 0) is 9.53 Å². The van der Waals surface area contributed by atoms with Crippen LogP contribution in [0, 0.1) is 10.1 Å². The van der Waals surface area contributed by atoms with Gasteiger partial charge in [-0.25, -0.2) is 9.78 Å². The Morgan fingerprint density at radius 2 is 1.97 bits per heavy atom. The lowest BCUT2D eigenvalue weighted by atomic mass is 9.88. The number of nitrogens with zero attached hydrogens (tertiary/aromatic N) is 4. The van der Waals surface area contributed by atoms with Crippen molar-refractivity contribution in [3.63, 3.8) is 0 Å². The van der Waals surface area contributed by atoms with Gasteiger partial charge in [0.15, 0.2) is 12.4 Å². The Balaban J connectivity index is 1.80. The molecule has 1 aliphatic rings. The first-order valence-corrected chi connectivity index (χ1v) is 12.1. The number of aromatic nitrogens is 2. The lowest BCUT2D eigenvalue weighted by Crippen LogP contribution is -2.25. The molecule has 1 saturated carbocycles. The number of nitro benzene ring substituents is 1. The Morgan fingerprint density at radius 1 is 1.22 bits per heavy atom. The lowest BCUT2D eigenvalue weighted by molar-refractivity contribution is -0.385. The van der Waals surface area contributed by atoms with Crippen molar-refractivity contribution in [2.24, 2.45) is 5.10 Å². The SMILES string of the molecule is CCOc1cc(C=Nn2c(C3CCCCC3)nc3ccccc3c2=O)cc([N+](=O)[O-])c1OCC(=O)OC. The molecule has 0 atom stereocenters. The summed E-state index contributed by atoms with van der Waals surface area (Å²) in [4.78, 5) is 40.9. The van der Waals surface area contributed by atoms with Gasteiger partial charge in [-0.15, -0.1) is 0 Å². The summed E-state index contributed by atoms with van der Waals surface area (Å²) < 4.78 is 16.8. The van der Waals surface area contributed by atoms with E-state index in [1.165, 1.54) is 30.1 Å². The molecule has 37 heavy (non-hydrogen) atoms. The van der Waals surface area contributed by atoms with Gasteiger partial charge < -0.3 is 14.2 Å². The summed E-state index contributed by atoms with van der Waals surface area (Å²) in [6.45, 7) is 1.40. The van der Waals surface area contributed by atoms with Crippen LogP contribution in [0.25, 0.3) is 10.9 Å². The van der Waals surface area contributed by atoms with Gasteiger partial charge in [0.1, 0.15) is 5.82 Å². The number of hydrogen-bond acceptors (Lipinski definition) is 9. The quantitative estimate of drug-likeness (QED) is 0.182. The summed E-state index contributed by atoms with van der Waals surface area (Å²) in [5, 5.41) is 16.7. The van der Waals surface area contributed by atoms with Crippen molar-refractivity contribution in [3.05, 3.63) is 68.3 Å². The van der Waals surface area contributed by atoms with E-state index < -0.39 is 23.2 Å². The summed E-state index contributed by atoms with van der Waals surface area (Å²) in [6.07, 6.45) is 6.43. The zero-order chi connectivity index (χ0) is 26.4. The van der Waals surface area contributed by atoms with Crippen molar-refractivity contribution < 1.29 is 23.9 Å². The predicted octanol–water partition coefficient (Wildman–Crippen LogP) is 4.19. The highest BCUT2D eigenvalue weighted by Gasteiger charge is 2.25. The van der Waals surface area contributed by atoms with Gasteiger partial charge in [0.05, 0.1) is 35.8 Å². The average Bonchev–Trinajstić information content (AvgIpc) is 2.92. The molecule has 4 rings (SSSR count). The number of fused-ring (bicyclic) bond motifs is 1. The van der Waals surface area contributed by atoms with Crippen LogP contribution in [0.3, 0.4) is 0 Å². The number of carbonyl (C=O) groups is 1. The van der Waals surface area contributed by atoms with E-state index in [0.717, 1.165) is 32.1 Å². The monoisotopic (exact) mass is 508 g/mol. The molecule has 0 N–H and O–H groups in total. The summed E-state index contributed by atoms with van der Waals surface area (Å²) in [7, 11) is 1.19. The molecular formula is C26H28N4O7. The molecule has 0 aliphatic heterocycles. The third kappa shape index (κ3) is 5.76. The van der Waals surface area contributed by atoms with Crippen LogP contribution in [-0.4, -0.2) is 47.1 Å². The number of benzene rings is 2. The van der Waals surface area contributed by atoms with Crippen molar-refractivity contribution in [1.82, 2.24) is 9.66 Å². The number of methoxy groups -OCH3 is 1. The van der Waals surface area contributed by atoms with E-state index in [4.69, 9.17) is 14.5 Å². The van der Waals surface area contributed by atoms with E-state index in [0.29, 0.717) is 22.3 Å². The normalized spacial score (nSPS) is 14.1. The fraction of sp³-hybridized carbons (Fsp3) is 0.385. The molecule has 1 aromatic heterocycles. The molecule has 1 fully saturated rings. The smallest absolute Gasteiger partial charge is 0.343 e. The van der Waals surface area contributed by atoms with Crippen LogP contribution >= 0.6 is 0 Å². The number of hydrogen-bond donors (Lipinski definition) is 0. The number of para-hydroxylation sites is 1. The highest BCUT2D eigenvalue weighted by Crippen LogP contribution is 2.38. The summed E-state index contributed by atoms with van der Waals surface area (Å²) >= 11 is 0. The van der Waals surface area contributed by atoms with E-state index in [2.05, 4.69) is 9.84 Å². The Bertz CT molecular complexity index is 1390. The van der Waals surface area contributed by atoms with Gasteiger partial charge in [0, 0.05) is 17.5 Å². The highest BCUT2D eigenvalue weighted by molar-refractivity contribution is 5.84. The third-order valence-electron chi connectivity index (χ3n) is 6.19.